The molecule has 0 N–H and O–H groups in total. The second-order valence-electron chi connectivity index (χ2n) is 3.34. The Kier molecular flexibility index (Phi) is 4.45. The molecule has 10 heavy (non-hydrogen) atoms. The molecule has 0 rings (SSSR count). The van der Waals surface area contributed by atoms with Gasteiger partial charge in [-0.05, 0) is 25.4 Å². The lowest BCUT2D eigenvalue weighted by atomic mass is 9.82. The van der Waals surface area contributed by atoms with Crippen LogP contribution in [-0.4, -0.2) is 18.6 Å². The Hall–Kier alpha value is 0.375. The molecule has 0 amide bonds. The summed E-state index contributed by atoms with van der Waals surface area (Å²) in [4.78, 5) is 0. The van der Waals surface area contributed by atoms with E-state index in [0.29, 0.717) is 5.25 Å². The highest BCUT2D eigenvalue weighted by Gasteiger charge is 2.16. The first-order valence-corrected chi connectivity index (χ1v) is 4.63. The first-order chi connectivity index (χ1) is 4.48. The predicted molar refractivity (Wildman–Crippen MR) is 51.1 cm³/mol. The van der Waals surface area contributed by atoms with Crippen LogP contribution in [0.25, 0.3) is 0 Å². The van der Waals surface area contributed by atoms with Crippen molar-refractivity contribution in [3.63, 3.8) is 0 Å². The normalized spacial score (nSPS) is 17.3. The Bertz CT molecular complexity index is 93.6. The van der Waals surface area contributed by atoms with Gasteiger partial charge in [0.05, 0.1) is 0 Å². The molecular formula is C7H17BOS. The van der Waals surface area contributed by atoms with E-state index in [2.05, 4.69) is 35.5 Å². The van der Waals surface area contributed by atoms with Gasteiger partial charge >= 0.3 is 0 Å². The second-order valence-corrected chi connectivity index (χ2v) is 4.64. The van der Waals surface area contributed by atoms with Crippen LogP contribution in [-0.2, 0) is 4.18 Å². The molecule has 0 aliphatic heterocycles. The highest BCUT2D eigenvalue weighted by atomic mass is 32.2. The number of hydrogen-bond acceptors (Lipinski definition) is 2. The topological polar surface area (TPSA) is 9.23 Å². The largest absolute Gasteiger partial charge is 0.318 e. The van der Waals surface area contributed by atoms with E-state index >= 15 is 0 Å². The maximum Gasteiger partial charge on any atom is 0.144 e. The molecule has 0 aromatic rings. The van der Waals surface area contributed by atoms with Gasteiger partial charge < -0.3 is 4.18 Å². The summed E-state index contributed by atoms with van der Waals surface area (Å²) < 4.78 is 5.56. The predicted octanol–water partition coefficient (Wildman–Crippen LogP) is 1.82. The molecule has 0 aliphatic rings. The van der Waals surface area contributed by atoms with E-state index in [1.54, 1.807) is 12.0 Å². The Morgan fingerprint density at radius 2 is 2.10 bits per heavy atom. The van der Waals surface area contributed by atoms with E-state index in [0.717, 1.165) is 6.42 Å². The van der Waals surface area contributed by atoms with Gasteiger partial charge in [0.25, 0.3) is 0 Å². The van der Waals surface area contributed by atoms with Crippen LogP contribution in [0, 0.1) is 0 Å². The molecule has 0 radical (unpaired) electrons. The van der Waals surface area contributed by atoms with E-state index < -0.39 is 0 Å². The fourth-order valence-corrected chi connectivity index (χ4v) is 0.856. The fourth-order valence-electron chi connectivity index (χ4n) is 0.285. The lowest BCUT2D eigenvalue weighted by molar-refractivity contribution is 0.209. The molecular weight excluding hydrogens is 143 g/mol. The van der Waals surface area contributed by atoms with Crippen LogP contribution in [0.4, 0.5) is 0 Å². The van der Waals surface area contributed by atoms with E-state index in [1.165, 1.54) is 0 Å². The molecule has 0 heterocycles. The average molecular weight is 160 g/mol. The molecule has 0 saturated carbocycles. The van der Waals surface area contributed by atoms with E-state index in [-0.39, 0.29) is 5.50 Å². The van der Waals surface area contributed by atoms with E-state index in [1.807, 2.05) is 0 Å². The summed E-state index contributed by atoms with van der Waals surface area (Å²) in [5.74, 6) is 0. The lowest BCUT2D eigenvalue weighted by Crippen LogP contribution is -2.25. The minimum atomic E-state index is 0.0366. The van der Waals surface area contributed by atoms with Crippen molar-refractivity contribution in [2.75, 3.05) is 0 Å². The summed E-state index contributed by atoms with van der Waals surface area (Å²) in [5.41, 5.74) is 0.0366. The van der Waals surface area contributed by atoms with Crippen molar-refractivity contribution in [1.82, 2.24) is 0 Å². The van der Waals surface area contributed by atoms with Crippen molar-refractivity contribution in [3.05, 3.63) is 0 Å². The van der Waals surface area contributed by atoms with Crippen LogP contribution < -0.4 is 0 Å². The maximum atomic E-state index is 5.56. The quantitative estimate of drug-likeness (QED) is 0.458. The highest BCUT2D eigenvalue weighted by molar-refractivity contribution is 7.95. The zero-order valence-electron chi connectivity index (χ0n) is 7.60. The van der Waals surface area contributed by atoms with Crippen LogP contribution in [0.3, 0.4) is 0 Å². The van der Waals surface area contributed by atoms with E-state index in [4.69, 9.17) is 4.18 Å². The summed E-state index contributed by atoms with van der Waals surface area (Å²) in [5, 5.41) is 0.561. The molecule has 1 unspecified atom stereocenters. The zero-order valence-corrected chi connectivity index (χ0v) is 8.42. The second kappa shape index (κ2) is 4.29. The first-order valence-electron chi connectivity index (χ1n) is 3.82. The van der Waals surface area contributed by atoms with Gasteiger partial charge in [-0.1, -0.05) is 20.8 Å². The summed E-state index contributed by atoms with van der Waals surface area (Å²) in [6, 6.07) is 0. The van der Waals surface area contributed by atoms with Gasteiger partial charge in [0.2, 0.25) is 0 Å². The maximum absolute atomic E-state index is 5.56. The lowest BCUT2D eigenvalue weighted by Gasteiger charge is -2.23. The molecule has 0 saturated heterocycles. The van der Waals surface area contributed by atoms with Gasteiger partial charge in [-0.25, -0.2) is 0 Å². The van der Waals surface area contributed by atoms with Crippen molar-refractivity contribution in [3.8, 4) is 0 Å². The van der Waals surface area contributed by atoms with Crippen molar-refractivity contribution in [2.24, 2.45) is 0 Å². The van der Waals surface area contributed by atoms with Crippen LogP contribution in [0.15, 0.2) is 0 Å². The molecule has 0 spiro atoms. The zero-order chi connectivity index (χ0) is 8.20. The summed E-state index contributed by atoms with van der Waals surface area (Å²) >= 11 is 1.56. The number of hydrogen-bond donors (Lipinski definition) is 0. The third kappa shape index (κ3) is 5.18. The molecule has 0 aromatic heterocycles. The van der Waals surface area contributed by atoms with E-state index in [9.17, 15) is 0 Å². The molecule has 1 atom stereocenters. The van der Waals surface area contributed by atoms with Gasteiger partial charge in [-0.15, -0.1) is 0 Å². The van der Waals surface area contributed by atoms with Gasteiger partial charge in [0.15, 0.2) is 0 Å². The highest BCUT2D eigenvalue weighted by Crippen LogP contribution is 2.21. The number of rotatable bonds is 4. The van der Waals surface area contributed by atoms with Crippen LogP contribution in [0.1, 0.15) is 34.1 Å². The van der Waals surface area contributed by atoms with Crippen LogP contribution >= 0.6 is 12.0 Å². The first kappa shape index (κ1) is 10.4. The minimum Gasteiger partial charge on any atom is -0.318 e. The minimum absolute atomic E-state index is 0.0366. The molecule has 0 fully saturated rings. The smallest absolute Gasteiger partial charge is 0.144 e. The molecule has 0 aromatic carbocycles. The van der Waals surface area contributed by atoms with Gasteiger partial charge in [0, 0.05) is 10.8 Å². The van der Waals surface area contributed by atoms with Gasteiger partial charge in [-0.3, -0.25) is 0 Å². The fraction of sp³-hybridized carbons (Fsp3) is 1.00. The summed E-state index contributed by atoms with van der Waals surface area (Å²) in [6.07, 6.45) is 1.06. The molecule has 1 nitrogen and oxygen atoms in total. The Labute approximate surface area is 69.5 Å². The molecule has 0 bridgehead atoms. The summed E-state index contributed by atoms with van der Waals surface area (Å²) in [6.45, 7) is 8.52. The SMILES string of the molecule is BC(C)(CC)OSC(C)C. The van der Waals surface area contributed by atoms with Crippen molar-refractivity contribution in [1.29, 1.82) is 0 Å². The molecule has 60 valence electrons. The van der Waals surface area contributed by atoms with Crippen LogP contribution in [0.5, 0.6) is 0 Å². The Morgan fingerprint density at radius 3 is 2.40 bits per heavy atom. The van der Waals surface area contributed by atoms with Crippen molar-refractivity contribution in [2.45, 2.75) is 44.9 Å². The van der Waals surface area contributed by atoms with Crippen molar-refractivity contribution >= 4 is 19.9 Å². The molecule has 3 heteroatoms. The van der Waals surface area contributed by atoms with Crippen molar-refractivity contribution < 1.29 is 4.18 Å². The van der Waals surface area contributed by atoms with Gasteiger partial charge in [0.1, 0.15) is 7.85 Å². The summed E-state index contributed by atoms with van der Waals surface area (Å²) in [7, 11) is 2.11. The molecule has 0 aliphatic carbocycles. The standard InChI is InChI=1S/C7H17BOS/c1-5-7(4,8)9-10-6(2)3/h6H,5,8H2,1-4H3. The Morgan fingerprint density at radius 1 is 1.60 bits per heavy atom. The monoisotopic (exact) mass is 160 g/mol. The Balaban J connectivity index is 3.46. The average Bonchev–Trinajstić information content (AvgIpc) is 1.85. The third-order valence-corrected chi connectivity index (χ3v) is 2.25. The third-order valence-electron chi connectivity index (χ3n) is 1.32. The van der Waals surface area contributed by atoms with Crippen LogP contribution in [0.2, 0.25) is 0 Å². The van der Waals surface area contributed by atoms with Gasteiger partial charge in [-0.2, -0.15) is 0 Å².